The molecule has 3 aromatic rings. The van der Waals surface area contributed by atoms with E-state index < -0.39 is 5.25 Å². The smallest absolute Gasteiger partial charge is 0.238 e. The number of amidine groups is 1. The Labute approximate surface area is 217 Å². The van der Waals surface area contributed by atoms with Gasteiger partial charge >= 0.3 is 0 Å². The average molecular weight is 524 g/mol. The van der Waals surface area contributed by atoms with Crippen LogP contribution in [0, 0.1) is 0 Å². The number of halogens is 1. The summed E-state index contributed by atoms with van der Waals surface area (Å²) in [5.74, 6) is 1.47. The van der Waals surface area contributed by atoms with Crippen LogP contribution in [0.3, 0.4) is 0 Å². The lowest BCUT2D eigenvalue weighted by atomic mass is 10.1. The lowest BCUT2D eigenvalue weighted by Crippen LogP contribution is -2.44. The number of carbonyl (C=O) groups is 2. The second kappa shape index (κ2) is 10.5. The molecule has 2 aliphatic rings. The first-order valence-corrected chi connectivity index (χ1v) is 12.4. The van der Waals surface area contributed by atoms with Gasteiger partial charge in [0, 0.05) is 6.42 Å². The van der Waals surface area contributed by atoms with Gasteiger partial charge in [-0.3, -0.25) is 14.5 Å². The van der Waals surface area contributed by atoms with Gasteiger partial charge in [0.15, 0.2) is 16.7 Å². The zero-order valence-electron chi connectivity index (χ0n) is 19.3. The van der Waals surface area contributed by atoms with Crippen LogP contribution in [0.2, 0.25) is 5.02 Å². The van der Waals surface area contributed by atoms with E-state index in [0.29, 0.717) is 38.8 Å². The monoisotopic (exact) mass is 523 g/mol. The minimum absolute atomic E-state index is 0.0210. The second-order valence-corrected chi connectivity index (χ2v) is 9.62. The third-order valence-electron chi connectivity index (χ3n) is 5.64. The van der Waals surface area contributed by atoms with E-state index in [1.165, 1.54) is 11.8 Å². The number of anilines is 1. The molecule has 0 unspecified atom stereocenters. The topological polar surface area (TPSA) is 89.5 Å². The number of rotatable bonds is 6. The Morgan fingerprint density at radius 3 is 2.69 bits per heavy atom. The van der Waals surface area contributed by atoms with Crippen molar-refractivity contribution in [2.45, 2.75) is 18.2 Å². The number of nitrogens with one attached hydrogen (secondary N) is 1. The van der Waals surface area contributed by atoms with Gasteiger partial charge in [0.1, 0.15) is 11.0 Å². The summed E-state index contributed by atoms with van der Waals surface area (Å²) < 4.78 is 16.1. The van der Waals surface area contributed by atoms with E-state index in [9.17, 15) is 9.59 Å². The normalized spacial score (nSPS) is 17.8. The van der Waals surface area contributed by atoms with Gasteiger partial charge in [-0.05, 0) is 54.1 Å². The minimum Gasteiger partial charge on any atom is -0.497 e. The van der Waals surface area contributed by atoms with Crippen molar-refractivity contribution in [3.05, 3.63) is 77.3 Å². The van der Waals surface area contributed by atoms with E-state index in [1.807, 2.05) is 18.2 Å². The fourth-order valence-electron chi connectivity index (χ4n) is 3.76. The van der Waals surface area contributed by atoms with E-state index in [2.05, 4.69) is 5.32 Å². The Hall–Kier alpha value is -3.69. The highest BCUT2D eigenvalue weighted by Gasteiger charge is 2.36. The van der Waals surface area contributed by atoms with Crippen LogP contribution in [-0.4, -0.2) is 41.0 Å². The molecule has 0 saturated carbocycles. The van der Waals surface area contributed by atoms with E-state index in [4.69, 9.17) is 30.8 Å². The molecule has 5 rings (SSSR count). The maximum absolute atomic E-state index is 13.3. The standard InChI is InChI=1S/C26H22ClN3O5S/c1-33-18-9-7-17(8-10-18)28-26-30(14-16-6-11-21-22(12-16)35-15-34-21)24(31)13-23(36-26)25(32)29-20-5-3-2-4-19(20)27/h2-12,23H,13-15H2,1H3,(H,29,32)/t23-/m0/s1. The molecule has 184 valence electrons. The van der Waals surface area contributed by atoms with E-state index in [0.717, 1.165) is 5.56 Å². The summed E-state index contributed by atoms with van der Waals surface area (Å²) in [6.45, 7) is 0.444. The van der Waals surface area contributed by atoms with Crippen LogP contribution in [0.4, 0.5) is 11.4 Å². The summed E-state index contributed by atoms with van der Waals surface area (Å²) in [6.07, 6.45) is 0.0210. The Bertz CT molecular complexity index is 1330. The molecule has 2 amide bonds. The molecule has 0 radical (unpaired) electrons. The molecule has 2 heterocycles. The first kappa shape index (κ1) is 24.0. The number of aliphatic imine (C=N–C) groups is 1. The maximum Gasteiger partial charge on any atom is 0.238 e. The predicted molar refractivity (Wildman–Crippen MR) is 139 cm³/mol. The number of nitrogens with zero attached hydrogens (tertiary/aromatic N) is 2. The highest BCUT2D eigenvalue weighted by Crippen LogP contribution is 2.35. The highest BCUT2D eigenvalue weighted by molar-refractivity contribution is 8.15. The zero-order chi connectivity index (χ0) is 25.1. The summed E-state index contributed by atoms with van der Waals surface area (Å²) in [4.78, 5) is 32.7. The van der Waals surface area contributed by atoms with Gasteiger partial charge in [-0.2, -0.15) is 0 Å². The number of fused-ring (bicyclic) bond motifs is 1. The van der Waals surface area contributed by atoms with E-state index >= 15 is 0 Å². The minimum atomic E-state index is -0.668. The molecule has 0 bridgehead atoms. The van der Waals surface area contributed by atoms with Crippen LogP contribution in [0.1, 0.15) is 12.0 Å². The molecular weight excluding hydrogens is 502 g/mol. The van der Waals surface area contributed by atoms with Gasteiger partial charge in [-0.1, -0.05) is 41.6 Å². The Kier molecular flexibility index (Phi) is 7.02. The second-order valence-electron chi connectivity index (χ2n) is 8.04. The summed E-state index contributed by atoms with van der Waals surface area (Å²) >= 11 is 7.44. The molecule has 1 atom stereocenters. The lowest BCUT2D eigenvalue weighted by molar-refractivity contribution is -0.129. The van der Waals surface area contributed by atoms with Crippen LogP contribution in [0.15, 0.2) is 71.7 Å². The number of methoxy groups -OCH3 is 1. The molecule has 2 aliphatic heterocycles. The lowest BCUT2D eigenvalue weighted by Gasteiger charge is -2.32. The molecule has 0 aromatic heterocycles. The molecular formula is C26H22ClN3O5S. The van der Waals surface area contributed by atoms with Crippen molar-refractivity contribution in [2.24, 2.45) is 4.99 Å². The summed E-state index contributed by atoms with van der Waals surface area (Å²) in [6, 6.07) is 19.7. The van der Waals surface area contributed by atoms with Gasteiger partial charge in [0.2, 0.25) is 18.6 Å². The number of hydrogen-bond acceptors (Lipinski definition) is 7. The fourth-order valence-corrected chi connectivity index (χ4v) is 5.04. The first-order valence-electron chi connectivity index (χ1n) is 11.1. The molecule has 8 nitrogen and oxygen atoms in total. The van der Waals surface area contributed by atoms with Crippen LogP contribution < -0.4 is 19.5 Å². The predicted octanol–water partition coefficient (Wildman–Crippen LogP) is 5.24. The summed E-state index contributed by atoms with van der Waals surface area (Å²) in [5.41, 5.74) is 1.98. The van der Waals surface area contributed by atoms with Crippen LogP contribution in [0.25, 0.3) is 0 Å². The fraction of sp³-hybridized carbons (Fsp3) is 0.192. The third kappa shape index (κ3) is 5.27. The van der Waals surface area contributed by atoms with Crippen molar-refractivity contribution in [3.63, 3.8) is 0 Å². The molecule has 10 heteroatoms. The number of para-hydroxylation sites is 1. The zero-order valence-corrected chi connectivity index (χ0v) is 20.8. The maximum atomic E-state index is 13.3. The molecule has 0 spiro atoms. The van der Waals surface area contributed by atoms with Crippen LogP contribution in [0.5, 0.6) is 17.2 Å². The Balaban J connectivity index is 1.41. The number of thioether (sulfide) groups is 1. The first-order chi connectivity index (χ1) is 17.5. The van der Waals surface area contributed by atoms with Crippen LogP contribution in [-0.2, 0) is 16.1 Å². The number of hydrogen-bond donors (Lipinski definition) is 1. The molecule has 3 aromatic carbocycles. The van der Waals surface area contributed by atoms with Crippen molar-refractivity contribution in [1.82, 2.24) is 4.90 Å². The molecule has 1 N–H and O–H groups in total. The molecule has 1 fully saturated rings. The molecule has 36 heavy (non-hydrogen) atoms. The van der Waals surface area contributed by atoms with Crippen molar-refractivity contribution >= 4 is 51.7 Å². The number of benzene rings is 3. The SMILES string of the molecule is COc1ccc(N=C2S[C@H](C(=O)Nc3ccccc3Cl)CC(=O)N2Cc2ccc3c(c2)OCO3)cc1. The van der Waals surface area contributed by atoms with Crippen molar-refractivity contribution in [2.75, 3.05) is 19.2 Å². The van der Waals surface area contributed by atoms with Gasteiger partial charge in [0.05, 0.1) is 30.1 Å². The Morgan fingerprint density at radius 2 is 1.92 bits per heavy atom. The molecule has 0 aliphatic carbocycles. The molecule has 1 saturated heterocycles. The van der Waals surface area contributed by atoms with Gasteiger partial charge in [-0.25, -0.2) is 4.99 Å². The van der Waals surface area contributed by atoms with Gasteiger partial charge in [-0.15, -0.1) is 0 Å². The van der Waals surface area contributed by atoms with Crippen molar-refractivity contribution < 1.29 is 23.8 Å². The largest absolute Gasteiger partial charge is 0.497 e. The van der Waals surface area contributed by atoms with Crippen molar-refractivity contribution in [1.29, 1.82) is 0 Å². The Morgan fingerprint density at radius 1 is 1.14 bits per heavy atom. The van der Waals surface area contributed by atoms with Gasteiger partial charge < -0.3 is 19.5 Å². The average Bonchev–Trinajstić information content (AvgIpc) is 3.35. The number of carbonyl (C=O) groups excluding carboxylic acids is 2. The summed E-state index contributed by atoms with van der Waals surface area (Å²) in [5, 5.41) is 3.01. The van der Waals surface area contributed by atoms with E-state index in [1.54, 1.807) is 60.5 Å². The van der Waals surface area contributed by atoms with Crippen molar-refractivity contribution in [3.8, 4) is 17.2 Å². The van der Waals surface area contributed by atoms with Gasteiger partial charge in [0.25, 0.3) is 0 Å². The van der Waals surface area contributed by atoms with E-state index in [-0.39, 0.29) is 31.6 Å². The third-order valence-corrected chi connectivity index (χ3v) is 7.16. The van der Waals surface area contributed by atoms with Crippen LogP contribution >= 0.6 is 23.4 Å². The quantitative estimate of drug-likeness (QED) is 0.475. The summed E-state index contributed by atoms with van der Waals surface area (Å²) in [7, 11) is 1.59. The highest BCUT2D eigenvalue weighted by atomic mass is 35.5. The number of amides is 2. The number of ether oxygens (including phenoxy) is 3.